The Labute approximate surface area is 195 Å². The van der Waals surface area contributed by atoms with E-state index in [0.717, 1.165) is 37.3 Å². The van der Waals surface area contributed by atoms with Crippen LogP contribution < -0.4 is 14.5 Å². The average Bonchev–Trinajstić information content (AvgIpc) is 2.88. The molecular weight excluding hydrogens is 438 g/mol. The zero-order chi connectivity index (χ0) is 23.4. The van der Waals surface area contributed by atoms with Crippen molar-refractivity contribution in [1.82, 2.24) is 9.62 Å². The van der Waals surface area contributed by atoms with E-state index in [9.17, 15) is 13.2 Å². The molecule has 2 aromatic rings. The molecule has 0 radical (unpaired) electrons. The minimum atomic E-state index is -3.65. The summed E-state index contributed by atoms with van der Waals surface area (Å²) in [5.41, 5.74) is 2.90. The highest BCUT2D eigenvalue weighted by Gasteiger charge is 2.28. The molecule has 2 aliphatic heterocycles. The topological polar surface area (TPSA) is 96.8 Å². The number of nitriles is 1. The van der Waals surface area contributed by atoms with Gasteiger partial charge < -0.3 is 14.7 Å². The second-order valence-electron chi connectivity index (χ2n) is 8.37. The molecule has 4 rings (SSSR count). The van der Waals surface area contributed by atoms with Gasteiger partial charge in [-0.15, -0.1) is 0 Å². The maximum absolute atomic E-state index is 13.6. The lowest BCUT2D eigenvalue weighted by Gasteiger charge is -2.37. The molecule has 0 saturated carbocycles. The van der Waals surface area contributed by atoms with Gasteiger partial charge in [-0.1, -0.05) is 0 Å². The molecule has 0 atom stereocenters. The van der Waals surface area contributed by atoms with Crippen LogP contribution in [0.1, 0.15) is 35.2 Å². The summed E-state index contributed by atoms with van der Waals surface area (Å²) in [6.45, 7) is 4.16. The Morgan fingerprint density at radius 3 is 2.18 bits per heavy atom. The van der Waals surface area contributed by atoms with E-state index in [1.807, 2.05) is 12.1 Å². The SMILES string of the molecule is CNS(=O)(=O)c1ccc(N2CCCCC2)c(C(=O)N2CCN(c3ccc(C#N)cc3)CC2)c1. The van der Waals surface area contributed by atoms with Gasteiger partial charge >= 0.3 is 0 Å². The smallest absolute Gasteiger partial charge is 0.256 e. The second-order valence-corrected chi connectivity index (χ2v) is 10.3. The molecule has 2 saturated heterocycles. The van der Waals surface area contributed by atoms with Crippen molar-refractivity contribution in [2.24, 2.45) is 0 Å². The van der Waals surface area contributed by atoms with Crippen molar-refractivity contribution in [1.29, 1.82) is 5.26 Å². The Balaban J connectivity index is 1.56. The fourth-order valence-electron chi connectivity index (χ4n) is 4.47. The molecule has 2 fully saturated rings. The van der Waals surface area contributed by atoms with E-state index in [0.29, 0.717) is 37.3 Å². The molecule has 33 heavy (non-hydrogen) atoms. The number of hydrogen-bond donors (Lipinski definition) is 1. The van der Waals surface area contributed by atoms with Gasteiger partial charge in [0.2, 0.25) is 10.0 Å². The van der Waals surface area contributed by atoms with Crippen molar-refractivity contribution in [2.75, 3.05) is 56.1 Å². The molecule has 1 amide bonds. The predicted octanol–water partition coefficient (Wildman–Crippen LogP) is 2.42. The third kappa shape index (κ3) is 4.97. The minimum absolute atomic E-state index is 0.102. The van der Waals surface area contributed by atoms with Gasteiger partial charge in [0.1, 0.15) is 0 Å². The molecule has 1 N–H and O–H groups in total. The maximum atomic E-state index is 13.6. The minimum Gasteiger partial charge on any atom is -0.371 e. The number of nitrogens with zero attached hydrogens (tertiary/aromatic N) is 4. The van der Waals surface area contributed by atoms with E-state index in [4.69, 9.17) is 5.26 Å². The van der Waals surface area contributed by atoms with E-state index in [-0.39, 0.29) is 10.8 Å². The van der Waals surface area contributed by atoms with Crippen LogP contribution in [0.2, 0.25) is 0 Å². The van der Waals surface area contributed by atoms with Crippen LogP contribution >= 0.6 is 0 Å². The summed E-state index contributed by atoms with van der Waals surface area (Å²) >= 11 is 0. The number of nitrogens with one attached hydrogen (secondary N) is 1. The van der Waals surface area contributed by atoms with Crippen molar-refractivity contribution in [3.05, 3.63) is 53.6 Å². The number of anilines is 2. The van der Waals surface area contributed by atoms with Crippen molar-refractivity contribution < 1.29 is 13.2 Å². The van der Waals surface area contributed by atoms with Gasteiger partial charge in [0.05, 0.1) is 22.1 Å². The summed E-state index contributed by atoms with van der Waals surface area (Å²) in [6.07, 6.45) is 3.30. The molecule has 0 bridgehead atoms. The summed E-state index contributed by atoms with van der Waals surface area (Å²) < 4.78 is 27.2. The van der Waals surface area contributed by atoms with Crippen LogP contribution in [-0.4, -0.2) is 65.5 Å². The van der Waals surface area contributed by atoms with Crippen molar-refractivity contribution in [3.63, 3.8) is 0 Å². The van der Waals surface area contributed by atoms with Crippen LogP contribution in [0.5, 0.6) is 0 Å². The number of sulfonamides is 1. The molecule has 2 aromatic carbocycles. The summed E-state index contributed by atoms with van der Waals surface area (Å²) in [6, 6.07) is 14.4. The summed E-state index contributed by atoms with van der Waals surface area (Å²) in [7, 11) is -2.28. The molecular formula is C24H29N5O3S. The molecule has 0 aromatic heterocycles. The van der Waals surface area contributed by atoms with Gasteiger partial charge in [-0.05, 0) is 68.8 Å². The molecule has 9 heteroatoms. The second kappa shape index (κ2) is 9.81. The van der Waals surface area contributed by atoms with E-state index < -0.39 is 10.0 Å². The Kier molecular flexibility index (Phi) is 6.86. The number of hydrogen-bond acceptors (Lipinski definition) is 6. The van der Waals surface area contributed by atoms with Gasteiger partial charge in [-0.3, -0.25) is 4.79 Å². The summed E-state index contributed by atoms with van der Waals surface area (Å²) in [5.74, 6) is -0.136. The molecule has 174 valence electrons. The van der Waals surface area contributed by atoms with Gasteiger partial charge in [0, 0.05) is 50.6 Å². The predicted molar refractivity (Wildman–Crippen MR) is 128 cm³/mol. The van der Waals surface area contributed by atoms with Crippen LogP contribution in [0, 0.1) is 11.3 Å². The van der Waals surface area contributed by atoms with Crippen LogP contribution in [0.25, 0.3) is 0 Å². The lowest BCUT2D eigenvalue weighted by Crippen LogP contribution is -2.49. The Morgan fingerprint density at radius 1 is 0.909 bits per heavy atom. The number of carbonyl (C=O) groups is 1. The zero-order valence-electron chi connectivity index (χ0n) is 18.8. The Morgan fingerprint density at radius 2 is 1.58 bits per heavy atom. The number of amides is 1. The van der Waals surface area contributed by atoms with E-state index in [1.54, 1.807) is 29.2 Å². The molecule has 2 aliphatic rings. The fraction of sp³-hybridized carbons (Fsp3) is 0.417. The quantitative estimate of drug-likeness (QED) is 0.726. The van der Waals surface area contributed by atoms with E-state index in [2.05, 4.69) is 20.6 Å². The van der Waals surface area contributed by atoms with Crippen molar-refractivity contribution in [3.8, 4) is 6.07 Å². The van der Waals surface area contributed by atoms with Crippen molar-refractivity contribution in [2.45, 2.75) is 24.2 Å². The standard InChI is InChI=1S/C24H29N5O3S/c1-26-33(31,32)21-9-10-23(28-11-3-2-4-12-28)22(17-21)24(30)29-15-13-27(14-16-29)20-7-5-19(18-25)6-8-20/h5-10,17,26H,2-4,11-16H2,1H3. The zero-order valence-corrected chi connectivity index (χ0v) is 19.6. The lowest BCUT2D eigenvalue weighted by molar-refractivity contribution is 0.0747. The summed E-state index contributed by atoms with van der Waals surface area (Å²) in [4.78, 5) is 19.9. The first-order valence-electron chi connectivity index (χ1n) is 11.3. The number of carbonyl (C=O) groups excluding carboxylic acids is 1. The van der Waals surface area contributed by atoms with Gasteiger partial charge in [-0.2, -0.15) is 5.26 Å². The van der Waals surface area contributed by atoms with Gasteiger partial charge in [0.25, 0.3) is 5.91 Å². The van der Waals surface area contributed by atoms with Gasteiger partial charge in [-0.25, -0.2) is 13.1 Å². The highest BCUT2D eigenvalue weighted by molar-refractivity contribution is 7.89. The third-order valence-corrected chi connectivity index (χ3v) is 7.81. The average molecular weight is 468 g/mol. The first-order valence-corrected chi connectivity index (χ1v) is 12.8. The van der Waals surface area contributed by atoms with Crippen LogP contribution in [0.4, 0.5) is 11.4 Å². The number of piperidine rings is 1. The monoisotopic (exact) mass is 467 g/mol. The number of piperazine rings is 1. The van der Waals surface area contributed by atoms with E-state index in [1.165, 1.54) is 19.5 Å². The van der Waals surface area contributed by atoms with E-state index >= 15 is 0 Å². The summed E-state index contributed by atoms with van der Waals surface area (Å²) in [5, 5.41) is 8.99. The molecule has 0 unspecified atom stereocenters. The first kappa shape index (κ1) is 23.1. The van der Waals surface area contributed by atoms with Crippen LogP contribution in [-0.2, 0) is 10.0 Å². The first-order chi connectivity index (χ1) is 15.9. The lowest BCUT2D eigenvalue weighted by atomic mass is 10.1. The number of benzene rings is 2. The van der Waals surface area contributed by atoms with Gasteiger partial charge in [0.15, 0.2) is 0 Å². The normalized spacial score (nSPS) is 17.0. The van der Waals surface area contributed by atoms with Crippen LogP contribution in [0.15, 0.2) is 47.4 Å². The highest BCUT2D eigenvalue weighted by atomic mass is 32.2. The van der Waals surface area contributed by atoms with Crippen molar-refractivity contribution >= 4 is 27.3 Å². The number of rotatable bonds is 5. The largest absolute Gasteiger partial charge is 0.371 e. The Bertz CT molecular complexity index is 1140. The van der Waals surface area contributed by atoms with Crippen LogP contribution in [0.3, 0.4) is 0 Å². The third-order valence-electron chi connectivity index (χ3n) is 6.40. The molecule has 2 heterocycles. The molecule has 0 aliphatic carbocycles. The molecule has 8 nitrogen and oxygen atoms in total. The highest BCUT2D eigenvalue weighted by Crippen LogP contribution is 2.29. The maximum Gasteiger partial charge on any atom is 0.256 e. The fourth-order valence-corrected chi connectivity index (χ4v) is 5.22. The molecule has 0 spiro atoms. The Hall–Kier alpha value is -3.09.